The summed E-state index contributed by atoms with van der Waals surface area (Å²) in [5.41, 5.74) is 29.4. The second kappa shape index (κ2) is 7.59. The Hall–Kier alpha value is -4.58. The van der Waals surface area contributed by atoms with E-state index in [4.69, 9.17) is 22.9 Å². The first-order valence-electron chi connectivity index (χ1n) is 10.2. The van der Waals surface area contributed by atoms with Gasteiger partial charge in [0.25, 0.3) is 0 Å². The number of hydrogen-bond acceptors (Lipinski definition) is 6. The van der Waals surface area contributed by atoms with Crippen LogP contribution in [-0.4, -0.2) is 9.97 Å². The topological polar surface area (TPSA) is 130 Å². The number of pyridine rings is 2. The van der Waals surface area contributed by atoms with Crippen LogP contribution in [0.25, 0.3) is 43.6 Å². The van der Waals surface area contributed by atoms with Crippen molar-refractivity contribution in [3.05, 3.63) is 84.9 Å². The van der Waals surface area contributed by atoms with Crippen molar-refractivity contribution in [3.8, 4) is 0 Å². The molecule has 6 heteroatoms. The van der Waals surface area contributed by atoms with Crippen LogP contribution >= 0.6 is 0 Å². The van der Waals surface area contributed by atoms with Gasteiger partial charge in [-0.1, -0.05) is 24.3 Å². The van der Waals surface area contributed by atoms with E-state index in [0.717, 1.165) is 66.4 Å². The Morgan fingerprint density at radius 3 is 0.844 bits per heavy atom. The predicted molar refractivity (Wildman–Crippen MR) is 136 cm³/mol. The molecule has 0 bridgehead atoms. The number of aromatic nitrogens is 2. The SMILES string of the molecule is Nc1ccc2cc3ccc(N)cc3nc2c1.Nc1ccc2cc3ccc(N)cc3nc2c1. The summed E-state index contributed by atoms with van der Waals surface area (Å²) in [5, 5.41) is 4.36. The van der Waals surface area contributed by atoms with Crippen molar-refractivity contribution >= 4 is 66.4 Å². The molecule has 6 rings (SSSR count). The highest BCUT2D eigenvalue weighted by molar-refractivity contribution is 5.95. The van der Waals surface area contributed by atoms with Crippen molar-refractivity contribution in [1.29, 1.82) is 0 Å². The van der Waals surface area contributed by atoms with Gasteiger partial charge in [0.05, 0.1) is 22.1 Å². The van der Waals surface area contributed by atoms with Gasteiger partial charge in [-0.3, -0.25) is 0 Å². The number of hydrogen-bond donors (Lipinski definition) is 4. The molecule has 0 aliphatic heterocycles. The molecule has 4 aromatic carbocycles. The van der Waals surface area contributed by atoms with E-state index < -0.39 is 0 Å². The summed E-state index contributed by atoms with van der Waals surface area (Å²) in [5.74, 6) is 0. The third-order valence-electron chi connectivity index (χ3n) is 5.32. The summed E-state index contributed by atoms with van der Waals surface area (Å²) >= 11 is 0. The molecule has 2 heterocycles. The van der Waals surface area contributed by atoms with E-state index in [1.165, 1.54) is 0 Å². The lowest BCUT2D eigenvalue weighted by molar-refractivity contribution is 1.50. The van der Waals surface area contributed by atoms with Crippen molar-refractivity contribution in [2.24, 2.45) is 0 Å². The molecule has 0 aliphatic rings. The fourth-order valence-electron chi connectivity index (χ4n) is 3.71. The quantitative estimate of drug-likeness (QED) is 0.200. The molecule has 0 saturated carbocycles. The fourth-order valence-corrected chi connectivity index (χ4v) is 3.71. The van der Waals surface area contributed by atoms with Gasteiger partial charge in [-0.15, -0.1) is 0 Å². The highest BCUT2D eigenvalue weighted by atomic mass is 14.7. The van der Waals surface area contributed by atoms with Crippen molar-refractivity contribution in [3.63, 3.8) is 0 Å². The Bertz CT molecular complexity index is 1390. The van der Waals surface area contributed by atoms with Crippen LogP contribution in [0, 0.1) is 0 Å². The average Bonchev–Trinajstić information content (AvgIpc) is 2.77. The fraction of sp³-hybridized carbons (Fsp3) is 0. The van der Waals surface area contributed by atoms with Gasteiger partial charge in [-0.2, -0.15) is 0 Å². The minimum absolute atomic E-state index is 0.725. The lowest BCUT2D eigenvalue weighted by Crippen LogP contribution is -1.89. The van der Waals surface area contributed by atoms with Gasteiger partial charge in [0, 0.05) is 44.3 Å². The molecule has 0 atom stereocenters. The third-order valence-corrected chi connectivity index (χ3v) is 5.32. The zero-order chi connectivity index (χ0) is 22.2. The minimum atomic E-state index is 0.725. The summed E-state index contributed by atoms with van der Waals surface area (Å²) in [6, 6.07) is 27.1. The summed E-state index contributed by atoms with van der Waals surface area (Å²) in [6.07, 6.45) is 0. The van der Waals surface area contributed by atoms with Crippen molar-refractivity contribution < 1.29 is 0 Å². The molecule has 0 radical (unpaired) electrons. The second-order valence-electron chi connectivity index (χ2n) is 7.79. The number of nitrogens with zero attached hydrogens (tertiary/aromatic N) is 2. The number of nitrogens with two attached hydrogens (primary N) is 4. The maximum Gasteiger partial charge on any atom is 0.0730 e. The molecule has 6 aromatic rings. The molecule has 0 aliphatic carbocycles. The Morgan fingerprint density at radius 2 is 0.594 bits per heavy atom. The van der Waals surface area contributed by atoms with Crippen LogP contribution in [0.2, 0.25) is 0 Å². The first kappa shape index (κ1) is 19.4. The third kappa shape index (κ3) is 3.77. The zero-order valence-corrected chi connectivity index (χ0v) is 17.3. The largest absolute Gasteiger partial charge is 0.399 e. The maximum absolute atomic E-state index is 5.73. The molecule has 32 heavy (non-hydrogen) atoms. The van der Waals surface area contributed by atoms with Crippen LogP contribution < -0.4 is 22.9 Å². The van der Waals surface area contributed by atoms with Gasteiger partial charge < -0.3 is 22.9 Å². The summed E-state index contributed by atoms with van der Waals surface area (Å²) in [4.78, 5) is 9.08. The number of anilines is 4. The molecule has 156 valence electrons. The monoisotopic (exact) mass is 418 g/mol. The molecule has 2 aromatic heterocycles. The molecular weight excluding hydrogens is 396 g/mol. The van der Waals surface area contributed by atoms with Crippen molar-refractivity contribution in [2.75, 3.05) is 22.9 Å². The summed E-state index contributed by atoms with van der Waals surface area (Å²) in [7, 11) is 0. The molecule has 0 unspecified atom stereocenters. The lowest BCUT2D eigenvalue weighted by atomic mass is 10.1. The molecular formula is C26H22N6. The van der Waals surface area contributed by atoms with Crippen LogP contribution in [-0.2, 0) is 0 Å². The van der Waals surface area contributed by atoms with Crippen LogP contribution in [0.1, 0.15) is 0 Å². The number of benzene rings is 4. The second-order valence-corrected chi connectivity index (χ2v) is 7.79. The number of nitrogen functional groups attached to an aromatic ring is 4. The van der Waals surface area contributed by atoms with Gasteiger partial charge >= 0.3 is 0 Å². The summed E-state index contributed by atoms with van der Waals surface area (Å²) in [6.45, 7) is 0. The van der Waals surface area contributed by atoms with Crippen LogP contribution in [0.3, 0.4) is 0 Å². The zero-order valence-electron chi connectivity index (χ0n) is 17.3. The van der Waals surface area contributed by atoms with E-state index in [9.17, 15) is 0 Å². The smallest absolute Gasteiger partial charge is 0.0730 e. The van der Waals surface area contributed by atoms with Gasteiger partial charge in [0.15, 0.2) is 0 Å². The predicted octanol–water partition coefficient (Wildman–Crippen LogP) is 5.10. The van der Waals surface area contributed by atoms with Gasteiger partial charge in [0.2, 0.25) is 0 Å². The first-order chi connectivity index (χ1) is 15.4. The van der Waals surface area contributed by atoms with Crippen LogP contribution in [0.15, 0.2) is 84.9 Å². The van der Waals surface area contributed by atoms with E-state index in [0.29, 0.717) is 0 Å². The lowest BCUT2D eigenvalue weighted by Gasteiger charge is -2.03. The Balaban J connectivity index is 0.000000135. The standard InChI is InChI=1S/2C13H11N3/c2*14-10-3-1-8-5-9-2-4-11(15)7-13(9)16-12(8)6-10/h2*1-7H,14-15H2. The number of fused-ring (bicyclic) bond motifs is 4. The Labute approximate surface area is 184 Å². The minimum Gasteiger partial charge on any atom is -0.399 e. The summed E-state index contributed by atoms with van der Waals surface area (Å²) < 4.78 is 0. The van der Waals surface area contributed by atoms with E-state index in [1.807, 2.05) is 72.8 Å². The molecule has 6 nitrogen and oxygen atoms in total. The van der Waals surface area contributed by atoms with Crippen LogP contribution in [0.4, 0.5) is 22.7 Å². The van der Waals surface area contributed by atoms with Crippen LogP contribution in [0.5, 0.6) is 0 Å². The molecule has 0 spiro atoms. The molecule has 0 saturated heterocycles. The Kier molecular flexibility index (Phi) is 4.60. The average molecular weight is 419 g/mol. The van der Waals surface area contributed by atoms with E-state index >= 15 is 0 Å². The van der Waals surface area contributed by atoms with E-state index in [2.05, 4.69) is 22.1 Å². The van der Waals surface area contributed by atoms with Gasteiger partial charge in [-0.05, 0) is 60.7 Å². The van der Waals surface area contributed by atoms with Crippen molar-refractivity contribution in [1.82, 2.24) is 9.97 Å². The van der Waals surface area contributed by atoms with Crippen molar-refractivity contribution in [2.45, 2.75) is 0 Å². The molecule has 0 amide bonds. The maximum atomic E-state index is 5.73. The Morgan fingerprint density at radius 1 is 0.344 bits per heavy atom. The van der Waals surface area contributed by atoms with Gasteiger partial charge in [0.1, 0.15) is 0 Å². The normalized spacial score (nSPS) is 11.0. The van der Waals surface area contributed by atoms with E-state index in [-0.39, 0.29) is 0 Å². The first-order valence-corrected chi connectivity index (χ1v) is 10.2. The number of rotatable bonds is 0. The molecule has 8 N–H and O–H groups in total. The van der Waals surface area contributed by atoms with Gasteiger partial charge in [-0.25, -0.2) is 9.97 Å². The highest BCUT2D eigenvalue weighted by Crippen LogP contribution is 2.24. The van der Waals surface area contributed by atoms with E-state index in [1.54, 1.807) is 0 Å². The molecule has 0 fully saturated rings. The highest BCUT2D eigenvalue weighted by Gasteiger charge is 2.01.